The summed E-state index contributed by atoms with van der Waals surface area (Å²) in [4.78, 5) is 33.9. The van der Waals surface area contributed by atoms with Crippen molar-refractivity contribution in [3.05, 3.63) is 75.8 Å². The zero-order valence-corrected chi connectivity index (χ0v) is 15.1. The van der Waals surface area contributed by atoms with Crippen LogP contribution in [0.15, 0.2) is 53.3 Å². The van der Waals surface area contributed by atoms with Crippen molar-refractivity contribution >= 4 is 16.8 Å². The Balaban J connectivity index is 1.81. The lowest BCUT2D eigenvalue weighted by molar-refractivity contribution is -0.126. The monoisotopic (exact) mass is 350 g/mol. The van der Waals surface area contributed by atoms with E-state index in [1.807, 2.05) is 56.3 Å². The van der Waals surface area contributed by atoms with Crippen LogP contribution in [-0.4, -0.2) is 34.9 Å². The molecule has 0 aliphatic carbocycles. The van der Waals surface area contributed by atoms with Gasteiger partial charge in [0.1, 0.15) is 11.9 Å². The van der Waals surface area contributed by atoms with Crippen LogP contribution in [0.1, 0.15) is 23.0 Å². The largest absolute Gasteiger partial charge is 0.347 e. The first-order chi connectivity index (χ1) is 12.5. The Labute approximate surface area is 151 Å². The average Bonchev–Trinajstić information content (AvgIpc) is 2.61. The molecule has 0 unspecified atom stereocenters. The third-order valence-corrected chi connectivity index (χ3v) is 4.34. The highest BCUT2D eigenvalue weighted by molar-refractivity contribution is 5.83. The fourth-order valence-corrected chi connectivity index (χ4v) is 3.03. The smallest absolute Gasteiger partial charge is 0.258 e. The van der Waals surface area contributed by atoms with E-state index in [1.165, 1.54) is 0 Å². The third kappa shape index (κ3) is 3.65. The van der Waals surface area contributed by atoms with Crippen molar-refractivity contribution in [2.45, 2.75) is 19.5 Å². The molecule has 26 heavy (non-hydrogen) atoms. The number of H-pyrrole nitrogens is 1. The number of aromatic amines is 1. The highest BCUT2D eigenvalue weighted by atomic mass is 16.2. The molecular formula is C20H22N4O2. The molecule has 0 saturated heterocycles. The SMILES string of the molecule is Cc1ccccc1[C@@H](C(=O)NCc1nc2ccccc2c(=O)[nH]1)N(C)C. The number of carbonyl (C=O) groups is 1. The lowest BCUT2D eigenvalue weighted by Crippen LogP contribution is -2.37. The fraction of sp³-hybridized carbons (Fsp3) is 0.250. The number of fused-ring (bicyclic) bond motifs is 1. The number of benzene rings is 2. The van der Waals surface area contributed by atoms with Crippen LogP contribution in [0.3, 0.4) is 0 Å². The molecule has 0 aliphatic heterocycles. The van der Waals surface area contributed by atoms with Crippen molar-refractivity contribution < 1.29 is 4.79 Å². The van der Waals surface area contributed by atoms with Crippen molar-refractivity contribution in [3.8, 4) is 0 Å². The van der Waals surface area contributed by atoms with Crippen molar-refractivity contribution in [2.24, 2.45) is 0 Å². The summed E-state index contributed by atoms with van der Waals surface area (Å²) in [5, 5.41) is 3.42. The summed E-state index contributed by atoms with van der Waals surface area (Å²) >= 11 is 0. The van der Waals surface area contributed by atoms with Gasteiger partial charge in [0.25, 0.3) is 5.56 Å². The summed E-state index contributed by atoms with van der Waals surface area (Å²) in [6.07, 6.45) is 0. The van der Waals surface area contributed by atoms with E-state index in [1.54, 1.807) is 18.2 Å². The number of carbonyl (C=O) groups excluding carboxylic acids is 1. The number of likely N-dealkylation sites (N-methyl/N-ethyl adjacent to an activating group) is 1. The first kappa shape index (κ1) is 17.8. The maximum Gasteiger partial charge on any atom is 0.258 e. The van der Waals surface area contributed by atoms with E-state index in [4.69, 9.17) is 0 Å². The number of hydrogen-bond donors (Lipinski definition) is 2. The molecule has 0 bridgehead atoms. The fourth-order valence-electron chi connectivity index (χ4n) is 3.03. The Bertz CT molecular complexity index is 994. The summed E-state index contributed by atoms with van der Waals surface area (Å²) in [7, 11) is 3.74. The Morgan fingerprint density at radius 1 is 1.15 bits per heavy atom. The van der Waals surface area contributed by atoms with Gasteiger partial charge in [0.15, 0.2) is 0 Å². The van der Waals surface area contributed by atoms with Crippen molar-refractivity contribution in [1.29, 1.82) is 0 Å². The van der Waals surface area contributed by atoms with E-state index in [2.05, 4.69) is 15.3 Å². The molecule has 0 fully saturated rings. The first-order valence-electron chi connectivity index (χ1n) is 8.45. The molecule has 0 radical (unpaired) electrons. The topological polar surface area (TPSA) is 78.1 Å². The predicted octanol–water partition coefficient (Wildman–Crippen LogP) is 2.15. The molecular weight excluding hydrogens is 328 g/mol. The van der Waals surface area contributed by atoms with Crippen molar-refractivity contribution in [2.75, 3.05) is 14.1 Å². The quantitative estimate of drug-likeness (QED) is 0.739. The lowest BCUT2D eigenvalue weighted by Gasteiger charge is -2.25. The minimum Gasteiger partial charge on any atom is -0.347 e. The number of nitrogens with one attached hydrogen (secondary N) is 2. The number of hydrogen-bond acceptors (Lipinski definition) is 4. The van der Waals surface area contributed by atoms with Gasteiger partial charge in [0.2, 0.25) is 5.91 Å². The molecule has 3 rings (SSSR count). The molecule has 3 aromatic rings. The van der Waals surface area contributed by atoms with Gasteiger partial charge in [-0.05, 0) is 44.3 Å². The van der Waals surface area contributed by atoms with Gasteiger partial charge < -0.3 is 10.3 Å². The highest BCUT2D eigenvalue weighted by Gasteiger charge is 2.24. The van der Waals surface area contributed by atoms with Crippen molar-refractivity contribution in [3.63, 3.8) is 0 Å². The van der Waals surface area contributed by atoms with Crippen LogP contribution in [0.2, 0.25) is 0 Å². The van der Waals surface area contributed by atoms with E-state index >= 15 is 0 Å². The summed E-state index contributed by atoms with van der Waals surface area (Å²) in [6.45, 7) is 2.15. The van der Waals surface area contributed by atoms with Gasteiger partial charge in [-0.2, -0.15) is 0 Å². The molecule has 0 aliphatic rings. The van der Waals surface area contributed by atoms with Crippen LogP contribution in [0.25, 0.3) is 10.9 Å². The Morgan fingerprint density at radius 3 is 2.58 bits per heavy atom. The van der Waals surface area contributed by atoms with Crippen LogP contribution in [0.5, 0.6) is 0 Å². The molecule has 134 valence electrons. The van der Waals surface area contributed by atoms with E-state index < -0.39 is 6.04 Å². The summed E-state index contributed by atoms with van der Waals surface area (Å²) in [5.74, 6) is 0.296. The highest BCUT2D eigenvalue weighted by Crippen LogP contribution is 2.22. The van der Waals surface area contributed by atoms with E-state index in [0.29, 0.717) is 16.7 Å². The molecule has 1 atom stereocenters. The summed E-state index contributed by atoms with van der Waals surface area (Å²) in [6, 6.07) is 14.5. The van der Waals surface area contributed by atoms with E-state index in [0.717, 1.165) is 11.1 Å². The molecule has 0 saturated carbocycles. The van der Waals surface area contributed by atoms with E-state index in [-0.39, 0.29) is 18.0 Å². The minimum atomic E-state index is -0.414. The second-order valence-electron chi connectivity index (χ2n) is 6.47. The molecule has 1 heterocycles. The Morgan fingerprint density at radius 2 is 1.85 bits per heavy atom. The number of rotatable bonds is 5. The second-order valence-corrected chi connectivity index (χ2v) is 6.47. The van der Waals surface area contributed by atoms with Gasteiger partial charge >= 0.3 is 0 Å². The average molecular weight is 350 g/mol. The second kappa shape index (κ2) is 7.49. The van der Waals surface area contributed by atoms with Gasteiger partial charge in [-0.3, -0.25) is 14.5 Å². The number of amides is 1. The summed E-state index contributed by atoms with van der Waals surface area (Å²) in [5.41, 5.74) is 2.42. The minimum absolute atomic E-state index is 0.139. The van der Waals surface area contributed by atoms with Gasteiger partial charge in [-0.25, -0.2) is 4.98 Å². The molecule has 1 amide bonds. The number of nitrogens with zero attached hydrogens (tertiary/aromatic N) is 2. The normalized spacial score (nSPS) is 12.3. The zero-order chi connectivity index (χ0) is 18.7. The lowest BCUT2D eigenvalue weighted by atomic mass is 10.00. The maximum atomic E-state index is 12.8. The molecule has 6 nitrogen and oxygen atoms in total. The number of para-hydroxylation sites is 1. The van der Waals surface area contributed by atoms with Crippen molar-refractivity contribution in [1.82, 2.24) is 20.2 Å². The number of aromatic nitrogens is 2. The third-order valence-electron chi connectivity index (χ3n) is 4.34. The zero-order valence-electron chi connectivity index (χ0n) is 15.1. The number of aryl methyl sites for hydroxylation is 1. The van der Waals surface area contributed by atoms with E-state index in [9.17, 15) is 9.59 Å². The summed E-state index contributed by atoms with van der Waals surface area (Å²) < 4.78 is 0. The molecule has 6 heteroatoms. The van der Waals surface area contributed by atoms with Gasteiger partial charge in [-0.1, -0.05) is 36.4 Å². The molecule has 2 N–H and O–H groups in total. The molecule has 2 aromatic carbocycles. The molecule has 1 aromatic heterocycles. The van der Waals surface area contributed by atoms with Crippen LogP contribution in [0, 0.1) is 6.92 Å². The van der Waals surface area contributed by atoms with Crippen LogP contribution >= 0.6 is 0 Å². The Kier molecular flexibility index (Phi) is 5.14. The van der Waals surface area contributed by atoms with Crippen LogP contribution in [0.4, 0.5) is 0 Å². The Hall–Kier alpha value is -2.99. The van der Waals surface area contributed by atoms with Gasteiger partial charge in [0, 0.05) is 0 Å². The first-order valence-corrected chi connectivity index (χ1v) is 8.45. The predicted molar refractivity (Wildman–Crippen MR) is 102 cm³/mol. The van der Waals surface area contributed by atoms with Gasteiger partial charge in [0.05, 0.1) is 17.4 Å². The van der Waals surface area contributed by atoms with Crippen LogP contribution < -0.4 is 10.9 Å². The maximum absolute atomic E-state index is 12.8. The molecule has 0 spiro atoms. The van der Waals surface area contributed by atoms with Gasteiger partial charge in [-0.15, -0.1) is 0 Å². The van der Waals surface area contributed by atoms with Crippen LogP contribution in [-0.2, 0) is 11.3 Å². The standard InChI is InChI=1S/C20H22N4O2/c1-13-8-4-5-9-14(13)18(24(2)3)20(26)21-12-17-22-16-11-7-6-10-15(16)19(25)23-17/h4-11,18H,12H2,1-3H3,(H,21,26)(H,22,23,25)/t18-/m0/s1.